The van der Waals surface area contributed by atoms with Gasteiger partial charge in [-0.2, -0.15) is 0 Å². The van der Waals surface area contributed by atoms with Crippen LogP contribution in [-0.2, 0) is 11.3 Å². The van der Waals surface area contributed by atoms with E-state index in [1.165, 1.54) is 4.40 Å². The molecule has 0 aliphatic carbocycles. The highest BCUT2D eigenvalue weighted by molar-refractivity contribution is 5.66. The van der Waals surface area contributed by atoms with E-state index in [9.17, 15) is 9.59 Å². The number of carbonyl (C=O) groups is 1. The van der Waals surface area contributed by atoms with Gasteiger partial charge < -0.3 is 9.84 Å². The number of aromatic nitrogens is 3. The van der Waals surface area contributed by atoms with E-state index in [1.807, 2.05) is 6.92 Å². The summed E-state index contributed by atoms with van der Waals surface area (Å²) in [7, 11) is 0. The fraction of sp³-hybridized carbons (Fsp3) is 0.417. The van der Waals surface area contributed by atoms with Crippen LogP contribution in [0.1, 0.15) is 19.8 Å². The Morgan fingerprint density at radius 1 is 1.53 bits per heavy atom. The third-order valence-corrected chi connectivity index (χ3v) is 2.57. The molecule has 2 rings (SSSR count). The second-order valence-electron chi connectivity index (χ2n) is 4.06. The van der Waals surface area contributed by atoms with Crippen LogP contribution < -0.4 is 10.4 Å². The maximum Gasteiger partial charge on any atom is 0.350 e. The minimum Gasteiger partial charge on any atom is -0.490 e. The molecular weight excluding hydrogens is 250 g/mol. The summed E-state index contributed by atoms with van der Waals surface area (Å²) in [6, 6.07) is 3.43. The predicted molar refractivity (Wildman–Crippen MR) is 67.5 cm³/mol. The molecule has 0 aromatic carbocycles. The van der Waals surface area contributed by atoms with Crippen molar-refractivity contribution in [2.75, 3.05) is 6.61 Å². The molecule has 0 fully saturated rings. The van der Waals surface area contributed by atoms with Crippen molar-refractivity contribution in [1.29, 1.82) is 0 Å². The number of ether oxygens (including phenoxy) is 1. The van der Waals surface area contributed by atoms with Gasteiger partial charge in [0.1, 0.15) is 0 Å². The number of hydrogen-bond donors (Lipinski definition) is 1. The van der Waals surface area contributed by atoms with Crippen LogP contribution in [-0.4, -0.2) is 31.9 Å². The summed E-state index contributed by atoms with van der Waals surface area (Å²) < 4.78 is 8.01. The zero-order valence-electron chi connectivity index (χ0n) is 10.6. The summed E-state index contributed by atoms with van der Waals surface area (Å²) >= 11 is 0. The fourth-order valence-electron chi connectivity index (χ4n) is 1.69. The quantitative estimate of drug-likeness (QED) is 0.833. The van der Waals surface area contributed by atoms with Crippen molar-refractivity contribution in [3.8, 4) is 5.75 Å². The van der Waals surface area contributed by atoms with Gasteiger partial charge in [-0.25, -0.2) is 13.9 Å². The van der Waals surface area contributed by atoms with Gasteiger partial charge in [0.25, 0.3) is 0 Å². The van der Waals surface area contributed by atoms with Gasteiger partial charge in [-0.1, -0.05) is 6.92 Å². The van der Waals surface area contributed by atoms with E-state index in [0.717, 1.165) is 11.1 Å². The molecule has 0 unspecified atom stereocenters. The number of aryl methyl sites for hydroxylation is 1. The third-order valence-electron chi connectivity index (χ3n) is 2.57. The lowest BCUT2D eigenvalue weighted by Gasteiger charge is -2.03. The Morgan fingerprint density at radius 2 is 2.32 bits per heavy atom. The van der Waals surface area contributed by atoms with Crippen molar-refractivity contribution in [2.45, 2.75) is 26.3 Å². The molecule has 0 amide bonds. The SMILES string of the molecule is CCCOc1cccn2c(=O)n(CCC(=O)O)nc12. The molecule has 0 atom stereocenters. The molecule has 19 heavy (non-hydrogen) atoms. The van der Waals surface area contributed by atoms with Gasteiger partial charge >= 0.3 is 11.7 Å². The lowest BCUT2D eigenvalue weighted by Crippen LogP contribution is -2.22. The summed E-state index contributed by atoms with van der Waals surface area (Å²) in [5.74, 6) is -0.443. The van der Waals surface area contributed by atoms with Crippen molar-refractivity contribution in [3.05, 3.63) is 28.8 Å². The van der Waals surface area contributed by atoms with Crippen LogP contribution in [0.2, 0.25) is 0 Å². The first-order chi connectivity index (χ1) is 9.13. The average molecular weight is 265 g/mol. The van der Waals surface area contributed by atoms with Crippen LogP contribution in [0.15, 0.2) is 23.1 Å². The molecule has 1 N–H and O–H groups in total. The van der Waals surface area contributed by atoms with Crippen molar-refractivity contribution in [1.82, 2.24) is 14.2 Å². The maximum atomic E-state index is 12.0. The largest absolute Gasteiger partial charge is 0.490 e. The molecule has 102 valence electrons. The zero-order valence-corrected chi connectivity index (χ0v) is 10.6. The Labute approximate surface area is 109 Å². The second-order valence-corrected chi connectivity index (χ2v) is 4.06. The summed E-state index contributed by atoms with van der Waals surface area (Å²) in [6.45, 7) is 2.57. The Morgan fingerprint density at radius 3 is 3.00 bits per heavy atom. The molecule has 0 aliphatic heterocycles. The molecule has 7 nitrogen and oxygen atoms in total. The molecule has 2 heterocycles. The number of aliphatic carboxylic acids is 1. The Balaban J connectivity index is 2.38. The normalized spacial score (nSPS) is 10.8. The molecule has 0 aliphatic rings. The number of fused-ring (bicyclic) bond motifs is 1. The topological polar surface area (TPSA) is 85.8 Å². The smallest absolute Gasteiger partial charge is 0.350 e. The zero-order chi connectivity index (χ0) is 13.8. The fourth-order valence-corrected chi connectivity index (χ4v) is 1.69. The summed E-state index contributed by atoms with van der Waals surface area (Å²) in [5, 5.41) is 12.8. The molecule has 0 bridgehead atoms. The number of pyridine rings is 1. The van der Waals surface area contributed by atoms with Gasteiger partial charge in [-0.05, 0) is 18.6 Å². The van der Waals surface area contributed by atoms with Crippen molar-refractivity contribution >= 4 is 11.6 Å². The van der Waals surface area contributed by atoms with Gasteiger partial charge in [-0.15, -0.1) is 5.10 Å². The van der Waals surface area contributed by atoms with E-state index in [2.05, 4.69) is 5.10 Å². The van der Waals surface area contributed by atoms with Crippen LogP contribution in [0.4, 0.5) is 0 Å². The first-order valence-corrected chi connectivity index (χ1v) is 6.06. The maximum absolute atomic E-state index is 12.0. The van der Waals surface area contributed by atoms with Crippen molar-refractivity contribution < 1.29 is 14.6 Å². The van der Waals surface area contributed by atoms with Crippen molar-refractivity contribution in [3.63, 3.8) is 0 Å². The molecule has 2 aromatic heterocycles. The number of carboxylic acids is 1. The number of hydrogen-bond acceptors (Lipinski definition) is 4. The van der Waals surface area contributed by atoms with Gasteiger partial charge in [0, 0.05) is 6.20 Å². The lowest BCUT2D eigenvalue weighted by atomic mass is 10.4. The average Bonchev–Trinajstić information content (AvgIpc) is 2.72. The first-order valence-electron chi connectivity index (χ1n) is 6.06. The van der Waals surface area contributed by atoms with E-state index in [4.69, 9.17) is 9.84 Å². The monoisotopic (exact) mass is 265 g/mol. The molecule has 0 spiro atoms. The van der Waals surface area contributed by atoms with Crippen LogP contribution >= 0.6 is 0 Å². The van der Waals surface area contributed by atoms with E-state index in [-0.39, 0.29) is 18.7 Å². The summed E-state index contributed by atoms with van der Waals surface area (Å²) in [5.41, 5.74) is 0.0459. The molecular formula is C12H15N3O4. The Bertz CT molecular complexity index is 644. The molecule has 2 aromatic rings. The van der Waals surface area contributed by atoms with E-state index < -0.39 is 5.97 Å². The lowest BCUT2D eigenvalue weighted by molar-refractivity contribution is -0.137. The highest BCUT2D eigenvalue weighted by Crippen LogP contribution is 2.16. The van der Waals surface area contributed by atoms with Gasteiger partial charge in [0.2, 0.25) is 5.65 Å². The summed E-state index contributed by atoms with van der Waals surface area (Å²) in [6.07, 6.45) is 2.29. The molecule has 7 heteroatoms. The molecule has 0 radical (unpaired) electrons. The molecule has 0 saturated carbocycles. The first kappa shape index (κ1) is 13.1. The van der Waals surface area contributed by atoms with E-state index in [0.29, 0.717) is 18.0 Å². The van der Waals surface area contributed by atoms with Crippen LogP contribution in [0.3, 0.4) is 0 Å². The highest BCUT2D eigenvalue weighted by Gasteiger charge is 2.11. The Hall–Kier alpha value is -2.31. The van der Waals surface area contributed by atoms with Gasteiger partial charge in [0.15, 0.2) is 5.75 Å². The van der Waals surface area contributed by atoms with Gasteiger partial charge in [-0.3, -0.25) is 4.79 Å². The van der Waals surface area contributed by atoms with Gasteiger partial charge in [0.05, 0.1) is 19.6 Å². The summed E-state index contributed by atoms with van der Waals surface area (Å²) in [4.78, 5) is 22.5. The van der Waals surface area contributed by atoms with E-state index in [1.54, 1.807) is 18.3 Å². The number of carboxylic acid groups (broad SMARTS) is 1. The molecule has 0 saturated heterocycles. The van der Waals surface area contributed by atoms with Crippen LogP contribution in [0, 0.1) is 0 Å². The predicted octanol–water partition coefficient (Wildman–Crippen LogP) is 0.760. The number of rotatable bonds is 6. The van der Waals surface area contributed by atoms with Crippen molar-refractivity contribution in [2.24, 2.45) is 0 Å². The second kappa shape index (κ2) is 5.55. The highest BCUT2D eigenvalue weighted by atomic mass is 16.5. The number of nitrogens with zero attached hydrogens (tertiary/aromatic N) is 3. The third kappa shape index (κ3) is 2.75. The van der Waals surface area contributed by atoms with Crippen LogP contribution in [0.5, 0.6) is 5.75 Å². The van der Waals surface area contributed by atoms with Crippen LogP contribution in [0.25, 0.3) is 5.65 Å². The standard InChI is InChI=1S/C12H15N3O4/c1-2-8-19-9-4-3-6-14-11(9)13-15(12(14)18)7-5-10(16)17/h3-4,6H,2,5,7-8H2,1H3,(H,16,17). The minimum atomic E-state index is -0.966. The minimum absolute atomic E-state index is 0.0447. The van der Waals surface area contributed by atoms with E-state index >= 15 is 0 Å². The Kier molecular flexibility index (Phi) is 3.84.